The molecular weight excluding hydrogens is 144 g/mol. The molecular formula is C12H22. The van der Waals surface area contributed by atoms with E-state index in [1.54, 1.807) is 0 Å². The van der Waals surface area contributed by atoms with Crippen molar-refractivity contribution in [3.8, 4) is 0 Å². The average molecular weight is 166 g/mol. The Morgan fingerprint density at radius 3 is 2.50 bits per heavy atom. The lowest BCUT2D eigenvalue weighted by atomic mass is 10.2. The van der Waals surface area contributed by atoms with E-state index in [0.29, 0.717) is 0 Å². The van der Waals surface area contributed by atoms with Crippen molar-refractivity contribution in [2.24, 2.45) is 5.92 Å². The summed E-state index contributed by atoms with van der Waals surface area (Å²) < 4.78 is 0. The smallest absolute Gasteiger partial charge is 0.0259 e. The maximum atomic E-state index is 3.60. The zero-order valence-electron chi connectivity index (χ0n) is 8.55. The number of allylic oxidation sites excluding steroid dienone is 3. The van der Waals surface area contributed by atoms with Crippen LogP contribution < -0.4 is 0 Å². The molecule has 0 nitrogen and oxygen atoms in total. The van der Waals surface area contributed by atoms with Gasteiger partial charge in [0.1, 0.15) is 0 Å². The summed E-state index contributed by atoms with van der Waals surface area (Å²) in [5.41, 5.74) is 0. The van der Waals surface area contributed by atoms with Crippen LogP contribution in [0.15, 0.2) is 24.8 Å². The summed E-state index contributed by atoms with van der Waals surface area (Å²) in [6, 6.07) is 0. The lowest BCUT2D eigenvalue weighted by Crippen LogP contribution is -1.76. The van der Waals surface area contributed by atoms with Gasteiger partial charge in [-0.1, -0.05) is 44.9 Å². The fourth-order valence-electron chi connectivity index (χ4n) is 1.13. The molecule has 0 N–H and O–H groups in total. The molecule has 0 spiro atoms. The van der Waals surface area contributed by atoms with Crippen LogP contribution >= 0.6 is 0 Å². The monoisotopic (exact) mass is 166 g/mol. The third-order valence-corrected chi connectivity index (χ3v) is 2.02. The topological polar surface area (TPSA) is 0 Å². The van der Waals surface area contributed by atoms with E-state index < -0.39 is 0 Å². The Labute approximate surface area is 77.4 Å². The number of rotatable bonds is 3. The number of hydrogen-bond acceptors (Lipinski definition) is 0. The molecule has 1 rings (SSSR count). The van der Waals surface area contributed by atoms with Crippen LogP contribution in [0.2, 0.25) is 0 Å². The van der Waals surface area contributed by atoms with Gasteiger partial charge < -0.3 is 0 Å². The molecule has 1 atom stereocenters. The molecule has 1 unspecified atom stereocenters. The standard InChI is InChI=1S/C6H10.C6H12/c1-6-4-2-3-5-6;1-3-5-6-4-2/h2,4,6H,3,5H2,1H3;3H,1,4-6H2,2H3. The van der Waals surface area contributed by atoms with E-state index in [4.69, 9.17) is 0 Å². The SMILES string of the molecule is C=CCCCC.CC1C=CCC1. The van der Waals surface area contributed by atoms with Crippen molar-refractivity contribution in [2.45, 2.75) is 46.0 Å². The zero-order chi connectivity index (χ0) is 9.23. The molecule has 0 saturated heterocycles. The van der Waals surface area contributed by atoms with E-state index in [1.165, 1.54) is 32.1 Å². The molecule has 0 bridgehead atoms. The number of hydrogen-bond donors (Lipinski definition) is 0. The quantitative estimate of drug-likeness (QED) is 0.432. The molecule has 0 heterocycles. The predicted octanol–water partition coefficient (Wildman–Crippen LogP) is 4.34. The normalized spacial score (nSPS) is 20.0. The van der Waals surface area contributed by atoms with E-state index in [2.05, 4.69) is 32.6 Å². The van der Waals surface area contributed by atoms with E-state index in [-0.39, 0.29) is 0 Å². The van der Waals surface area contributed by atoms with Gasteiger partial charge in [-0.2, -0.15) is 0 Å². The van der Waals surface area contributed by atoms with Gasteiger partial charge in [0.2, 0.25) is 0 Å². The molecule has 0 fully saturated rings. The second kappa shape index (κ2) is 8.58. The Balaban J connectivity index is 0.000000202. The van der Waals surface area contributed by atoms with Gasteiger partial charge in [-0.15, -0.1) is 6.58 Å². The van der Waals surface area contributed by atoms with Gasteiger partial charge >= 0.3 is 0 Å². The van der Waals surface area contributed by atoms with Crippen LogP contribution in [0.1, 0.15) is 46.0 Å². The van der Waals surface area contributed by atoms with Gasteiger partial charge in [0.25, 0.3) is 0 Å². The highest BCUT2D eigenvalue weighted by molar-refractivity contribution is 4.93. The molecule has 70 valence electrons. The molecule has 0 radical (unpaired) electrons. The predicted molar refractivity (Wildman–Crippen MR) is 57.3 cm³/mol. The van der Waals surface area contributed by atoms with Crippen LogP contribution in [-0.4, -0.2) is 0 Å². The van der Waals surface area contributed by atoms with Crippen molar-refractivity contribution in [3.63, 3.8) is 0 Å². The van der Waals surface area contributed by atoms with Gasteiger partial charge in [-0.3, -0.25) is 0 Å². The van der Waals surface area contributed by atoms with Crippen LogP contribution in [0.4, 0.5) is 0 Å². The van der Waals surface area contributed by atoms with E-state index >= 15 is 0 Å². The lowest BCUT2D eigenvalue weighted by Gasteiger charge is -1.89. The second-order valence-corrected chi connectivity index (χ2v) is 3.41. The summed E-state index contributed by atoms with van der Waals surface area (Å²) in [5.74, 6) is 0.866. The molecule has 12 heavy (non-hydrogen) atoms. The average Bonchev–Trinajstić information content (AvgIpc) is 2.53. The van der Waals surface area contributed by atoms with Crippen molar-refractivity contribution < 1.29 is 0 Å². The summed E-state index contributed by atoms with van der Waals surface area (Å²) in [5, 5.41) is 0. The Morgan fingerprint density at radius 2 is 2.33 bits per heavy atom. The maximum Gasteiger partial charge on any atom is -0.0259 e. The molecule has 1 aliphatic carbocycles. The van der Waals surface area contributed by atoms with Crippen molar-refractivity contribution in [2.75, 3.05) is 0 Å². The molecule has 0 saturated carbocycles. The first-order chi connectivity index (χ1) is 5.81. The van der Waals surface area contributed by atoms with Crippen LogP contribution in [0.3, 0.4) is 0 Å². The van der Waals surface area contributed by atoms with E-state index in [1.807, 2.05) is 6.08 Å². The zero-order valence-corrected chi connectivity index (χ0v) is 8.55. The van der Waals surface area contributed by atoms with Crippen LogP contribution in [0.5, 0.6) is 0 Å². The van der Waals surface area contributed by atoms with Gasteiger partial charge in [-0.25, -0.2) is 0 Å². The summed E-state index contributed by atoms with van der Waals surface area (Å²) >= 11 is 0. The fraction of sp³-hybridized carbons (Fsp3) is 0.667. The number of unbranched alkanes of at least 4 members (excludes halogenated alkanes) is 2. The summed E-state index contributed by atoms with van der Waals surface area (Å²) in [7, 11) is 0. The molecule has 0 amide bonds. The van der Waals surface area contributed by atoms with Crippen LogP contribution in [0, 0.1) is 5.92 Å². The minimum atomic E-state index is 0.866. The Kier molecular flexibility index (Phi) is 8.20. The van der Waals surface area contributed by atoms with Crippen LogP contribution in [0.25, 0.3) is 0 Å². The summed E-state index contributed by atoms with van der Waals surface area (Å²) in [6.07, 6.45) is 12.9. The third-order valence-electron chi connectivity index (χ3n) is 2.02. The van der Waals surface area contributed by atoms with Crippen molar-refractivity contribution >= 4 is 0 Å². The molecule has 0 heteroatoms. The third kappa shape index (κ3) is 7.59. The van der Waals surface area contributed by atoms with Gasteiger partial charge in [0, 0.05) is 0 Å². The molecule has 1 aliphatic rings. The molecule has 0 aromatic heterocycles. The highest BCUT2D eigenvalue weighted by Crippen LogP contribution is 2.14. The van der Waals surface area contributed by atoms with Crippen molar-refractivity contribution in [1.29, 1.82) is 0 Å². The highest BCUT2D eigenvalue weighted by atomic mass is 14.0. The molecule has 0 aromatic rings. The van der Waals surface area contributed by atoms with Gasteiger partial charge in [0.15, 0.2) is 0 Å². The Hall–Kier alpha value is -0.520. The van der Waals surface area contributed by atoms with Crippen molar-refractivity contribution in [3.05, 3.63) is 24.8 Å². The Morgan fingerprint density at radius 1 is 1.58 bits per heavy atom. The van der Waals surface area contributed by atoms with Gasteiger partial charge in [-0.05, 0) is 25.2 Å². The maximum absolute atomic E-state index is 3.60. The lowest BCUT2D eigenvalue weighted by molar-refractivity contribution is 0.701. The highest BCUT2D eigenvalue weighted by Gasteiger charge is 1.98. The van der Waals surface area contributed by atoms with E-state index in [9.17, 15) is 0 Å². The second-order valence-electron chi connectivity index (χ2n) is 3.41. The van der Waals surface area contributed by atoms with Crippen molar-refractivity contribution in [1.82, 2.24) is 0 Å². The largest absolute Gasteiger partial charge is 0.103 e. The van der Waals surface area contributed by atoms with E-state index in [0.717, 1.165) is 5.92 Å². The first-order valence-electron chi connectivity index (χ1n) is 5.08. The molecule has 0 aliphatic heterocycles. The minimum absolute atomic E-state index is 0.866. The van der Waals surface area contributed by atoms with Gasteiger partial charge in [0.05, 0.1) is 0 Å². The first kappa shape index (κ1) is 11.5. The Bertz CT molecular complexity index is 122. The van der Waals surface area contributed by atoms with Crippen LogP contribution in [-0.2, 0) is 0 Å². The summed E-state index contributed by atoms with van der Waals surface area (Å²) in [6.45, 7) is 8.04. The minimum Gasteiger partial charge on any atom is -0.103 e. The summed E-state index contributed by atoms with van der Waals surface area (Å²) in [4.78, 5) is 0. The first-order valence-corrected chi connectivity index (χ1v) is 5.08. The molecule has 0 aromatic carbocycles. The fourth-order valence-corrected chi connectivity index (χ4v) is 1.13.